The number of methoxy groups -OCH3 is 1. The molecule has 0 saturated heterocycles. The summed E-state index contributed by atoms with van der Waals surface area (Å²) in [4.78, 5) is 42.6. The van der Waals surface area contributed by atoms with Gasteiger partial charge in [0.1, 0.15) is 9.88 Å². The molecule has 0 aliphatic carbocycles. The van der Waals surface area contributed by atoms with Gasteiger partial charge >= 0.3 is 0 Å². The number of amides is 2. The van der Waals surface area contributed by atoms with Crippen LogP contribution in [0.5, 0.6) is 0 Å². The number of nitrogens with zero attached hydrogens (tertiary/aromatic N) is 3. The molecule has 9 nitrogen and oxygen atoms in total. The summed E-state index contributed by atoms with van der Waals surface area (Å²) in [6.45, 7) is 6.08. The maximum Gasteiger partial charge on any atom is 0.277 e. The molecular formula is C22H24ClN5O4S. The van der Waals surface area contributed by atoms with E-state index in [4.69, 9.17) is 16.3 Å². The third kappa shape index (κ3) is 5.29. The van der Waals surface area contributed by atoms with Gasteiger partial charge in [0.15, 0.2) is 0 Å². The topological polar surface area (TPSA) is 115 Å². The number of nitrogens with one attached hydrogen (secondary N) is 2. The van der Waals surface area contributed by atoms with E-state index in [9.17, 15) is 14.4 Å². The van der Waals surface area contributed by atoms with E-state index in [1.54, 1.807) is 27.1 Å². The average molecular weight is 490 g/mol. The minimum absolute atomic E-state index is 0.204. The van der Waals surface area contributed by atoms with Crippen LogP contribution in [0.15, 0.2) is 23.0 Å². The van der Waals surface area contributed by atoms with Gasteiger partial charge in [0.2, 0.25) is 0 Å². The smallest absolute Gasteiger partial charge is 0.277 e. The fourth-order valence-corrected chi connectivity index (χ4v) is 4.46. The molecule has 0 unspecified atom stereocenters. The molecule has 0 radical (unpaired) electrons. The van der Waals surface area contributed by atoms with Crippen molar-refractivity contribution >= 4 is 40.4 Å². The molecular weight excluding hydrogens is 466 g/mol. The molecule has 0 saturated carbocycles. The molecule has 0 aliphatic heterocycles. The lowest BCUT2D eigenvalue weighted by molar-refractivity contribution is 0.0936. The van der Waals surface area contributed by atoms with E-state index < -0.39 is 0 Å². The second-order valence-electron chi connectivity index (χ2n) is 7.35. The van der Waals surface area contributed by atoms with Gasteiger partial charge in [-0.15, -0.1) is 11.3 Å². The van der Waals surface area contributed by atoms with E-state index in [0.717, 1.165) is 16.9 Å². The molecule has 1 aromatic carbocycles. The number of aromatic nitrogens is 3. The van der Waals surface area contributed by atoms with Crippen LogP contribution in [0.1, 0.15) is 37.0 Å². The zero-order chi connectivity index (χ0) is 24.3. The van der Waals surface area contributed by atoms with Gasteiger partial charge in [0.05, 0.1) is 34.1 Å². The van der Waals surface area contributed by atoms with Gasteiger partial charge in [-0.25, -0.2) is 9.67 Å². The summed E-state index contributed by atoms with van der Waals surface area (Å²) in [6, 6.07) is 4.64. The second kappa shape index (κ2) is 10.2. The summed E-state index contributed by atoms with van der Waals surface area (Å²) in [7, 11) is 3.13. The van der Waals surface area contributed by atoms with Crippen LogP contribution < -0.4 is 16.2 Å². The summed E-state index contributed by atoms with van der Waals surface area (Å²) in [5, 5.41) is 10.3. The molecule has 0 aliphatic rings. The predicted octanol–water partition coefficient (Wildman–Crippen LogP) is 3.11. The number of carbonyl (C=O) groups is 2. The minimum Gasteiger partial charge on any atom is -0.383 e. The standard InChI is InChI=1S/C22H24ClN5O4S/c1-11-12(2)27-28(4)22(31)17(11)21-25-13(3)18(33-21)20(30)26-14-6-7-15(16(23)10-14)19(29)24-8-9-32-5/h6-7,10H,8-9H2,1-5H3,(H,24,29)(H,26,30). The van der Waals surface area contributed by atoms with Gasteiger partial charge in [-0.1, -0.05) is 11.6 Å². The third-order valence-corrected chi connectivity index (χ3v) is 6.49. The van der Waals surface area contributed by atoms with Crippen molar-refractivity contribution in [2.24, 2.45) is 7.05 Å². The van der Waals surface area contributed by atoms with E-state index >= 15 is 0 Å². The van der Waals surface area contributed by atoms with Gasteiger partial charge in [0.25, 0.3) is 17.4 Å². The number of hydrogen-bond donors (Lipinski definition) is 2. The Labute approximate surface area is 199 Å². The number of rotatable bonds is 7. The summed E-state index contributed by atoms with van der Waals surface area (Å²) in [6.07, 6.45) is 0. The quantitative estimate of drug-likeness (QED) is 0.493. The molecule has 2 amide bonds. The highest BCUT2D eigenvalue weighted by Gasteiger charge is 2.21. The number of aryl methyl sites for hydroxylation is 3. The zero-order valence-corrected chi connectivity index (χ0v) is 20.5. The summed E-state index contributed by atoms with van der Waals surface area (Å²) < 4.78 is 6.17. The Bertz CT molecular complexity index is 1280. The number of benzene rings is 1. The van der Waals surface area contributed by atoms with Gasteiger partial charge in [-0.3, -0.25) is 14.4 Å². The molecule has 0 fully saturated rings. The van der Waals surface area contributed by atoms with Crippen LogP contribution in [0.25, 0.3) is 10.6 Å². The van der Waals surface area contributed by atoms with Gasteiger partial charge in [0, 0.05) is 26.4 Å². The fourth-order valence-electron chi connectivity index (χ4n) is 3.14. The van der Waals surface area contributed by atoms with Crippen LogP contribution in [-0.2, 0) is 11.8 Å². The van der Waals surface area contributed by atoms with Crippen molar-refractivity contribution in [3.63, 3.8) is 0 Å². The maximum atomic E-state index is 12.9. The first kappa shape index (κ1) is 24.6. The Morgan fingerprint density at radius 1 is 1.18 bits per heavy atom. The summed E-state index contributed by atoms with van der Waals surface area (Å²) in [5.74, 6) is -0.715. The summed E-state index contributed by atoms with van der Waals surface area (Å²) in [5.41, 5.74) is 2.83. The number of hydrogen-bond acceptors (Lipinski definition) is 7. The molecule has 174 valence electrons. The molecule has 0 bridgehead atoms. The van der Waals surface area contributed by atoms with Gasteiger partial charge in [-0.2, -0.15) is 5.10 Å². The van der Waals surface area contributed by atoms with Gasteiger partial charge in [-0.05, 0) is 44.5 Å². The van der Waals surface area contributed by atoms with Crippen LogP contribution in [0.2, 0.25) is 5.02 Å². The lowest BCUT2D eigenvalue weighted by Crippen LogP contribution is -2.27. The molecule has 2 heterocycles. The largest absolute Gasteiger partial charge is 0.383 e. The number of ether oxygens (including phenoxy) is 1. The third-order valence-electron chi connectivity index (χ3n) is 5.01. The molecule has 2 aromatic heterocycles. The van der Waals surface area contributed by atoms with Crippen molar-refractivity contribution in [1.29, 1.82) is 0 Å². The Hall–Kier alpha value is -3.08. The highest BCUT2D eigenvalue weighted by Crippen LogP contribution is 2.29. The van der Waals surface area contributed by atoms with E-state index in [1.807, 2.05) is 13.8 Å². The van der Waals surface area contributed by atoms with Gasteiger partial charge < -0.3 is 15.4 Å². The molecule has 3 rings (SSSR count). The second-order valence-corrected chi connectivity index (χ2v) is 8.75. The number of halogens is 1. The molecule has 33 heavy (non-hydrogen) atoms. The SMILES string of the molecule is COCCNC(=O)c1ccc(NC(=O)c2sc(-c3c(C)c(C)nn(C)c3=O)nc2C)cc1Cl. The monoisotopic (exact) mass is 489 g/mol. The molecule has 0 spiro atoms. The minimum atomic E-state index is -0.384. The zero-order valence-electron chi connectivity index (χ0n) is 18.9. The van der Waals surface area contributed by atoms with E-state index in [0.29, 0.717) is 51.2 Å². The van der Waals surface area contributed by atoms with Crippen LogP contribution in [0, 0.1) is 20.8 Å². The van der Waals surface area contributed by atoms with Crippen LogP contribution in [0.3, 0.4) is 0 Å². The van der Waals surface area contributed by atoms with Crippen LogP contribution in [-0.4, -0.2) is 46.8 Å². The molecule has 11 heteroatoms. The lowest BCUT2D eigenvalue weighted by atomic mass is 10.1. The average Bonchev–Trinajstić information content (AvgIpc) is 3.14. The van der Waals surface area contributed by atoms with Crippen LogP contribution >= 0.6 is 22.9 Å². The van der Waals surface area contributed by atoms with E-state index in [1.165, 1.54) is 16.8 Å². The van der Waals surface area contributed by atoms with Crippen molar-refractivity contribution in [2.75, 3.05) is 25.6 Å². The van der Waals surface area contributed by atoms with Crippen molar-refractivity contribution < 1.29 is 14.3 Å². The highest BCUT2D eigenvalue weighted by atomic mass is 35.5. The van der Waals surface area contributed by atoms with Crippen molar-refractivity contribution in [3.05, 3.63) is 61.0 Å². The molecule has 3 aromatic rings. The number of anilines is 1. The first-order chi connectivity index (χ1) is 15.6. The Morgan fingerprint density at radius 2 is 1.91 bits per heavy atom. The van der Waals surface area contributed by atoms with Crippen molar-refractivity contribution in [3.8, 4) is 10.6 Å². The number of carbonyl (C=O) groups excluding carboxylic acids is 2. The lowest BCUT2D eigenvalue weighted by Gasteiger charge is -2.09. The summed E-state index contributed by atoms with van der Waals surface area (Å²) >= 11 is 7.39. The Balaban J connectivity index is 1.83. The fraction of sp³-hybridized carbons (Fsp3) is 0.318. The van der Waals surface area contributed by atoms with Crippen LogP contribution in [0.4, 0.5) is 5.69 Å². The van der Waals surface area contributed by atoms with Crippen molar-refractivity contribution in [1.82, 2.24) is 20.1 Å². The highest BCUT2D eigenvalue weighted by molar-refractivity contribution is 7.17. The Kier molecular flexibility index (Phi) is 7.62. The first-order valence-corrected chi connectivity index (χ1v) is 11.2. The Morgan fingerprint density at radius 3 is 2.58 bits per heavy atom. The van der Waals surface area contributed by atoms with Crippen molar-refractivity contribution in [2.45, 2.75) is 20.8 Å². The molecule has 2 N–H and O–H groups in total. The number of thiazole rings is 1. The predicted molar refractivity (Wildman–Crippen MR) is 128 cm³/mol. The maximum absolute atomic E-state index is 12.9. The first-order valence-electron chi connectivity index (χ1n) is 10.0. The van der Waals surface area contributed by atoms with E-state index in [-0.39, 0.29) is 22.4 Å². The normalized spacial score (nSPS) is 10.8. The van der Waals surface area contributed by atoms with E-state index in [2.05, 4.69) is 20.7 Å². The molecule has 0 atom stereocenters.